The van der Waals surface area contributed by atoms with E-state index in [-0.39, 0.29) is 5.91 Å². The summed E-state index contributed by atoms with van der Waals surface area (Å²) in [5, 5.41) is 7.82. The van der Waals surface area contributed by atoms with Gasteiger partial charge in [0.15, 0.2) is 5.69 Å². The van der Waals surface area contributed by atoms with Crippen molar-refractivity contribution in [2.24, 2.45) is 0 Å². The molecule has 1 aliphatic heterocycles. The van der Waals surface area contributed by atoms with Gasteiger partial charge in [0.1, 0.15) is 0 Å². The van der Waals surface area contributed by atoms with Gasteiger partial charge in [-0.2, -0.15) is 5.10 Å². The zero-order chi connectivity index (χ0) is 24.1. The molecule has 3 aromatic rings. The van der Waals surface area contributed by atoms with Crippen molar-refractivity contribution in [1.29, 1.82) is 0 Å². The zero-order valence-corrected chi connectivity index (χ0v) is 21.4. The van der Waals surface area contributed by atoms with Crippen LogP contribution in [-0.4, -0.2) is 33.8 Å². The van der Waals surface area contributed by atoms with Crippen LogP contribution in [0, 0.1) is 6.92 Å². The van der Waals surface area contributed by atoms with Crippen LogP contribution in [0.3, 0.4) is 0 Å². The van der Waals surface area contributed by atoms with Gasteiger partial charge in [-0.3, -0.25) is 10.2 Å². The normalized spacial score (nSPS) is 15.3. The summed E-state index contributed by atoms with van der Waals surface area (Å²) >= 11 is 12.7. The van der Waals surface area contributed by atoms with E-state index in [0.717, 1.165) is 62.1 Å². The van der Waals surface area contributed by atoms with E-state index in [0.29, 0.717) is 21.7 Å². The molecule has 0 spiro atoms. The molecule has 0 aliphatic carbocycles. The quantitative estimate of drug-likeness (QED) is 0.373. The van der Waals surface area contributed by atoms with Gasteiger partial charge in [0.25, 0.3) is 5.91 Å². The Morgan fingerprint density at radius 2 is 1.82 bits per heavy atom. The third-order valence-electron chi connectivity index (χ3n) is 6.63. The first-order valence-corrected chi connectivity index (χ1v) is 12.8. The van der Waals surface area contributed by atoms with Gasteiger partial charge in [-0.1, -0.05) is 66.9 Å². The molecule has 1 fully saturated rings. The molecular formula is C27H32Cl2N4O. The van der Waals surface area contributed by atoms with Gasteiger partial charge in [-0.15, -0.1) is 0 Å². The van der Waals surface area contributed by atoms with Gasteiger partial charge in [0.2, 0.25) is 0 Å². The van der Waals surface area contributed by atoms with E-state index in [9.17, 15) is 4.79 Å². The smallest absolute Gasteiger partial charge is 0.283 e. The first-order chi connectivity index (χ1) is 16.4. The molecule has 2 heterocycles. The van der Waals surface area contributed by atoms with Crippen molar-refractivity contribution in [2.45, 2.75) is 58.3 Å². The topological polar surface area (TPSA) is 50.2 Å². The van der Waals surface area contributed by atoms with E-state index in [4.69, 9.17) is 28.3 Å². The van der Waals surface area contributed by atoms with Crippen molar-refractivity contribution in [3.05, 3.63) is 81.1 Å². The second kappa shape index (κ2) is 11.4. The van der Waals surface area contributed by atoms with E-state index in [1.807, 2.05) is 28.7 Å². The first kappa shape index (κ1) is 24.8. The fraction of sp³-hybridized carbons (Fsp3) is 0.407. The van der Waals surface area contributed by atoms with Crippen LogP contribution >= 0.6 is 23.2 Å². The molecule has 0 saturated carbocycles. The summed E-state index contributed by atoms with van der Waals surface area (Å²) in [4.78, 5) is 13.2. The summed E-state index contributed by atoms with van der Waals surface area (Å²) in [6.07, 6.45) is 6.21. The van der Waals surface area contributed by atoms with Gasteiger partial charge in [-0.05, 0) is 68.7 Å². The molecule has 1 unspecified atom stereocenters. The third-order valence-corrected chi connectivity index (χ3v) is 7.17. The molecule has 5 nitrogen and oxygen atoms in total. The summed E-state index contributed by atoms with van der Waals surface area (Å²) in [7, 11) is 0. The SMILES string of the molecule is Cc1c(C(=O)NN2CCCCC2)nn(-c2ccc(Cl)cc2Cl)c1CCCC(C)c1ccccc1. The lowest BCUT2D eigenvalue weighted by Gasteiger charge is -2.26. The first-order valence-electron chi connectivity index (χ1n) is 12.1. The van der Waals surface area contributed by atoms with E-state index in [2.05, 4.69) is 36.6 Å². The van der Waals surface area contributed by atoms with Gasteiger partial charge in [0, 0.05) is 29.4 Å². The van der Waals surface area contributed by atoms with Gasteiger partial charge >= 0.3 is 0 Å². The Bertz CT molecular complexity index is 1120. The van der Waals surface area contributed by atoms with Crippen LogP contribution in [0.25, 0.3) is 5.69 Å². The van der Waals surface area contributed by atoms with Crippen molar-refractivity contribution in [3.63, 3.8) is 0 Å². The van der Waals surface area contributed by atoms with Crippen LogP contribution in [0.2, 0.25) is 10.0 Å². The van der Waals surface area contributed by atoms with Crippen molar-refractivity contribution in [3.8, 4) is 5.69 Å². The molecule has 1 saturated heterocycles. The van der Waals surface area contributed by atoms with Crippen molar-refractivity contribution in [2.75, 3.05) is 13.1 Å². The van der Waals surface area contributed by atoms with Crippen LogP contribution in [0.4, 0.5) is 0 Å². The van der Waals surface area contributed by atoms with Crippen LogP contribution in [0.15, 0.2) is 48.5 Å². The van der Waals surface area contributed by atoms with Crippen LogP contribution in [0.1, 0.15) is 72.3 Å². The van der Waals surface area contributed by atoms with Crippen molar-refractivity contribution in [1.82, 2.24) is 20.2 Å². The van der Waals surface area contributed by atoms with E-state index < -0.39 is 0 Å². The number of aromatic nitrogens is 2. The van der Waals surface area contributed by atoms with Crippen LogP contribution in [0.5, 0.6) is 0 Å². The number of carbonyl (C=O) groups is 1. The molecule has 1 atom stereocenters. The van der Waals surface area contributed by atoms with Crippen LogP contribution < -0.4 is 5.43 Å². The lowest BCUT2D eigenvalue weighted by molar-refractivity contribution is 0.0743. The molecule has 0 bridgehead atoms. The molecule has 34 heavy (non-hydrogen) atoms. The molecule has 0 radical (unpaired) electrons. The molecule has 1 aliphatic rings. The van der Waals surface area contributed by atoms with Crippen molar-refractivity contribution >= 4 is 29.1 Å². The average Bonchev–Trinajstić information content (AvgIpc) is 3.16. The largest absolute Gasteiger partial charge is 0.286 e. The van der Waals surface area contributed by atoms with Gasteiger partial charge < -0.3 is 0 Å². The Balaban J connectivity index is 1.58. The number of nitrogens with zero attached hydrogens (tertiary/aromatic N) is 3. The number of hydrogen-bond acceptors (Lipinski definition) is 3. The second-order valence-electron chi connectivity index (χ2n) is 9.12. The number of benzene rings is 2. The molecule has 1 aromatic heterocycles. The maximum atomic E-state index is 13.2. The minimum absolute atomic E-state index is 0.165. The Kier molecular flexibility index (Phi) is 8.30. The van der Waals surface area contributed by atoms with Gasteiger partial charge in [0.05, 0.1) is 10.7 Å². The predicted molar refractivity (Wildman–Crippen MR) is 139 cm³/mol. The Morgan fingerprint density at radius 3 is 2.53 bits per heavy atom. The highest BCUT2D eigenvalue weighted by atomic mass is 35.5. The predicted octanol–water partition coefficient (Wildman–Crippen LogP) is 6.74. The second-order valence-corrected chi connectivity index (χ2v) is 9.96. The molecule has 7 heteroatoms. The minimum Gasteiger partial charge on any atom is -0.283 e. The summed E-state index contributed by atoms with van der Waals surface area (Å²) < 4.78 is 1.83. The molecule has 2 aromatic carbocycles. The standard InChI is InChI=1S/C27H32Cl2N4O/c1-19(21-11-5-3-6-12-21)10-9-13-24-20(2)26(27(34)31-32-16-7-4-8-17-32)30-33(24)25-15-14-22(28)18-23(25)29/h3,5-6,11-12,14-15,18-19H,4,7-10,13,16-17H2,1-2H3,(H,31,34). The maximum absolute atomic E-state index is 13.2. The number of rotatable bonds is 8. The fourth-order valence-corrected chi connectivity index (χ4v) is 5.11. The monoisotopic (exact) mass is 498 g/mol. The zero-order valence-electron chi connectivity index (χ0n) is 19.9. The number of hydrazine groups is 1. The highest BCUT2D eigenvalue weighted by molar-refractivity contribution is 6.35. The molecule has 1 amide bonds. The third kappa shape index (κ3) is 5.83. The van der Waals surface area contributed by atoms with E-state index >= 15 is 0 Å². The summed E-state index contributed by atoms with van der Waals surface area (Å²) in [6.45, 7) is 5.99. The average molecular weight is 499 g/mol. The van der Waals surface area contributed by atoms with E-state index in [1.165, 1.54) is 12.0 Å². The summed E-state index contributed by atoms with van der Waals surface area (Å²) in [5.74, 6) is 0.293. The number of amides is 1. The van der Waals surface area contributed by atoms with E-state index in [1.54, 1.807) is 12.1 Å². The molecule has 1 N–H and O–H groups in total. The van der Waals surface area contributed by atoms with Gasteiger partial charge in [-0.25, -0.2) is 9.69 Å². The molecule has 4 rings (SSSR count). The number of piperidine rings is 1. The fourth-order valence-electron chi connectivity index (χ4n) is 4.62. The summed E-state index contributed by atoms with van der Waals surface area (Å²) in [6, 6.07) is 15.9. The highest BCUT2D eigenvalue weighted by Crippen LogP contribution is 2.29. The minimum atomic E-state index is -0.165. The number of nitrogens with one attached hydrogen (secondary N) is 1. The molecule has 180 valence electrons. The summed E-state index contributed by atoms with van der Waals surface area (Å²) in [5.41, 5.74) is 7.48. The Hall–Kier alpha value is -2.34. The van der Waals surface area contributed by atoms with Crippen LogP contribution in [-0.2, 0) is 6.42 Å². The number of halogens is 2. The number of hydrogen-bond donors (Lipinski definition) is 1. The number of carbonyl (C=O) groups excluding carboxylic acids is 1. The Morgan fingerprint density at radius 1 is 1.09 bits per heavy atom. The maximum Gasteiger partial charge on any atom is 0.286 e. The highest BCUT2D eigenvalue weighted by Gasteiger charge is 2.24. The van der Waals surface area contributed by atoms with Crippen molar-refractivity contribution < 1.29 is 4.79 Å². The lowest BCUT2D eigenvalue weighted by Crippen LogP contribution is -2.45. The molecular weight excluding hydrogens is 467 g/mol. The lowest BCUT2D eigenvalue weighted by atomic mass is 9.94. The Labute approximate surface area is 212 Å².